The fraction of sp³-hybridized carbons (Fsp3) is 0.520. The van der Waals surface area contributed by atoms with Crippen LogP contribution in [0.3, 0.4) is 0 Å². The third-order valence-electron chi connectivity index (χ3n) is 6.69. The SMILES string of the molecule is C[C@H]1CCCN(S(=O)(=O)c2ccc(C(=O)Nc3sc4c(c3C(N)=O)CC(C)(C)NC4(C)C)cc2)C1. The third-order valence-corrected chi connectivity index (χ3v) is 10.0. The summed E-state index contributed by atoms with van der Waals surface area (Å²) < 4.78 is 27.6. The van der Waals surface area contributed by atoms with Crippen LogP contribution in [0.5, 0.6) is 0 Å². The van der Waals surface area contributed by atoms with Crippen LogP contribution in [-0.4, -0.2) is 43.2 Å². The molecule has 35 heavy (non-hydrogen) atoms. The number of primary amides is 1. The third kappa shape index (κ3) is 5.02. The Kier molecular flexibility index (Phi) is 6.63. The van der Waals surface area contributed by atoms with Gasteiger partial charge in [-0.2, -0.15) is 4.31 Å². The predicted molar refractivity (Wildman–Crippen MR) is 138 cm³/mol. The van der Waals surface area contributed by atoms with E-state index in [0.717, 1.165) is 23.3 Å². The van der Waals surface area contributed by atoms with Crippen molar-refractivity contribution in [2.75, 3.05) is 18.4 Å². The average Bonchev–Trinajstić information content (AvgIpc) is 3.11. The number of sulfonamides is 1. The topological polar surface area (TPSA) is 122 Å². The Labute approximate surface area is 211 Å². The maximum atomic E-state index is 13.1. The maximum absolute atomic E-state index is 13.1. The van der Waals surface area contributed by atoms with E-state index < -0.39 is 27.4 Å². The van der Waals surface area contributed by atoms with E-state index in [2.05, 4.69) is 31.4 Å². The second-order valence-electron chi connectivity index (χ2n) is 10.9. The molecular formula is C25H34N4O4S2. The molecule has 0 saturated carbocycles. The zero-order valence-corrected chi connectivity index (χ0v) is 22.5. The molecule has 0 bridgehead atoms. The highest BCUT2D eigenvalue weighted by atomic mass is 32.2. The monoisotopic (exact) mass is 518 g/mol. The number of carbonyl (C=O) groups excluding carboxylic acids is 2. The lowest BCUT2D eigenvalue weighted by Gasteiger charge is -2.42. The zero-order valence-electron chi connectivity index (χ0n) is 20.9. The molecule has 0 aliphatic carbocycles. The summed E-state index contributed by atoms with van der Waals surface area (Å²) in [7, 11) is -3.60. The van der Waals surface area contributed by atoms with E-state index in [1.807, 2.05) is 13.8 Å². The lowest BCUT2D eigenvalue weighted by molar-refractivity contribution is 0.0999. The Morgan fingerprint density at radius 3 is 2.43 bits per heavy atom. The van der Waals surface area contributed by atoms with E-state index in [9.17, 15) is 18.0 Å². The van der Waals surface area contributed by atoms with Crippen LogP contribution in [-0.2, 0) is 22.0 Å². The fourth-order valence-corrected chi connectivity index (χ4v) is 8.22. The summed E-state index contributed by atoms with van der Waals surface area (Å²) in [4.78, 5) is 26.6. The zero-order chi connectivity index (χ0) is 25.8. The van der Waals surface area contributed by atoms with Gasteiger partial charge in [-0.3, -0.25) is 9.59 Å². The van der Waals surface area contributed by atoms with Crippen molar-refractivity contribution >= 4 is 38.2 Å². The number of thiophene rings is 1. The number of carbonyl (C=O) groups is 2. The van der Waals surface area contributed by atoms with Gasteiger partial charge in [0.2, 0.25) is 10.0 Å². The molecule has 0 radical (unpaired) electrons. The Morgan fingerprint density at radius 1 is 1.17 bits per heavy atom. The molecule has 1 atom stereocenters. The van der Waals surface area contributed by atoms with Gasteiger partial charge in [0.25, 0.3) is 11.8 Å². The molecule has 1 aromatic carbocycles. The Hall–Kier alpha value is -2.27. The van der Waals surface area contributed by atoms with Gasteiger partial charge in [-0.15, -0.1) is 11.3 Å². The van der Waals surface area contributed by atoms with Crippen LogP contribution >= 0.6 is 11.3 Å². The first-order chi connectivity index (χ1) is 16.2. The van der Waals surface area contributed by atoms with E-state index in [4.69, 9.17) is 5.73 Å². The average molecular weight is 519 g/mol. The molecule has 190 valence electrons. The normalized spacial score (nSPS) is 21.8. The lowest BCUT2D eigenvalue weighted by atomic mass is 9.81. The van der Waals surface area contributed by atoms with Crippen LogP contribution in [0.4, 0.5) is 5.00 Å². The van der Waals surface area contributed by atoms with Gasteiger partial charge in [-0.05, 0) is 82.7 Å². The van der Waals surface area contributed by atoms with Crippen LogP contribution in [0.25, 0.3) is 0 Å². The molecule has 1 saturated heterocycles. The van der Waals surface area contributed by atoms with Crippen molar-refractivity contribution < 1.29 is 18.0 Å². The fourth-order valence-electron chi connectivity index (χ4n) is 5.34. The van der Waals surface area contributed by atoms with Crippen molar-refractivity contribution in [3.8, 4) is 0 Å². The van der Waals surface area contributed by atoms with E-state index in [-0.39, 0.29) is 10.4 Å². The minimum absolute atomic E-state index is 0.169. The molecule has 2 aliphatic rings. The summed E-state index contributed by atoms with van der Waals surface area (Å²) in [6.45, 7) is 11.3. The van der Waals surface area contributed by atoms with Crippen molar-refractivity contribution in [2.24, 2.45) is 11.7 Å². The summed E-state index contributed by atoms with van der Waals surface area (Å²) in [6.07, 6.45) is 2.48. The summed E-state index contributed by atoms with van der Waals surface area (Å²) in [6, 6.07) is 5.93. The smallest absolute Gasteiger partial charge is 0.256 e. The molecule has 0 unspecified atom stereocenters. The van der Waals surface area contributed by atoms with Gasteiger partial charge >= 0.3 is 0 Å². The number of amides is 2. The molecular weight excluding hydrogens is 484 g/mol. The first kappa shape index (κ1) is 25.8. The second kappa shape index (κ2) is 8.99. The highest BCUT2D eigenvalue weighted by Crippen LogP contribution is 2.45. The first-order valence-corrected chi connectivity index (χ1v) is 14.1. The number of nitrogens with one attached hydrogen (secondary N) is 2. The first-order valence-electron chi connectivity index (χ1n) is 11.9. The van der Waals surface area contributed by atoms with E-state index >= 15 is 0 Å². The Balaban J connectivity index is 1.59. The van der Waals surface area contributed by atoms with Crippen molar-refractivity contribution in [1.29, 1.82) is 0 Å². The van der Waals surface area contributed by atoms with Gasteiger partial charge in [0, 0.05) is 34.6 Å². The van der Waals surface area contributed by atoms with Gasteiger partial charge in [0.05, 0.1) is 10.5 Å². The van der Waals surface area contributed by atoms with Crippen molar-refractivity contribution in [2.45, 2.75) is 69.9 Å². The van der Waals surface area contributed by atoms with Crippen molar-refractivity contribution in [1.82, 2.24) is 9.62 Å². The van der Waals surface area contributed by atoms with Crippen molar-refractivity contribution in [3.63, 3.8) is 0 Å². The van der Waals surface area contributed by atoms with Gasteiger partial charge < -0.3 is 16.4 Å². The van der Waals surface area contributed by atoms with Crippen LogP contribution in [0, 0.1) is 5.92 Å². The highest BCUT2D eigenvalue weighted by molar-refractivity contribution is 7.89. The van der Waals surface area contributed by atoms with E-state index in [1.54, 1.807) is 0 Å². The Bertz CT molecular complexity index is 1260. The lowest BCUT2D eigenvalue weighted by Crippen LogP contribution is -2.55. The van der Waals surface area contributed by atoms with Gasteiger partial charge in [-0.1, -0.05) is 6.92 Å². The molecule has 3 heterocycles. The van der Waals surface area contributed by atoms with E-state index in [1.165, 1.54) is 39.9 Å². The summed E-state index contributed by atoms with van der Waals surface area (Å²) in [5.74, 6) is -0.680. The second-order valence-corrected chi connectivity index (χ2v) is 13.8. The molecule has 2 aromatic rings. The van der Waals surface area contributed by atoms with E-state index in [0.29, 0.717) is 41.6 Å². The predicted octanol–water partition coefficient (Wildman–Crippen LogP) is 3.68. The number of fused-ring (bicyclic) bond motifs is 1. The molecule has 2 aliphatic heterocycles. The highest BCUT2D eigenvalue weighted by Gasteiger charge is 2.41. The number of hydrogen-bond acceptors (Lipinski definition) is 6. The molecule has 2 amide bonds. The number of anilines is 1. The molecule has 4 N–H and O–H groups in total. The number of nitrogens with zero attached hydrogens (tertiary/aromatic N) is 1. The summed E-state index contributed by atoms with van der Waals surface area (Å²) in [5.41, 5.74) is 6.63. The van der Waals surface area contributed by atoms with Crippen LogP contribution in [0.1, 0.15) is 78.6 Å². The molecule has 10 heteroatoms. The number of piperidine rings is 1. The van der Waals surface area contributed by atoms with Crippen molar-refractivity contribution in [3.05, 3.63) is 45.8 Å². The number of hydrogen-bond donors (Lipinski definition) is 3. The molecule has 1 fully saturated rings. The standard InChI is InChI=1S/C25H34N4O4S2/c1-15-7-6-12-29(14-15)35(32,33)17-10-8-16(9-11-17)22(31)27-23-19(21(26)30)18-13-24(2,3)28-25(4,5)20(18)34-23/h8-11,15,28H,6-7,12-14H2,1-5H3,(H2,26,30)(H,27,31)/t15-/m0/s1. The quantitative estimate of drug-likeness (QED) is 0.557. The summed E-state index contributed by atoms with van der Waals surface area (Å²) in [5, 5.41) is 6.85. The molecule has 1 aromatic heterocycles. The molecule has 0 spiro atoms. The number of nitrogens with two attached hydrogens (primary N) is 1. The van der Waals surface area contributed by atoms with Crippen LogP contribution in [0.2, 0.25) is 0 Å². The molecule has 4 rings (SSSR count). The maximum Gasteiger partial charge on any atom is 0.256 e. The summed E-state index contributed by atoms with van der Waals surface area (Å²) >= 11 is 1.35. The van der Waals surface area contributed by atoms with Gasteiger partial charge in [0.15, 0.2) is 0 Å². The minimum Gasteiger partial charge on any atom is -0.365 e. The Morgan fingerprint density at radius 2 is 1.83 bits per heavy atom. The number of rotatable bonds is 5. The minimum atomic E-state index is -3.60. The largest absolute Gasteiger partial charge is 0.365 e. The van der Waals surface area contributed by atoms with Crippen LogP contribution in [0.15, 0.2) is 29.2 Å². The molecule has 8 nitrogen and oxygen atoms in total. The van der Waals surface area contributed by atoms with Gasteiger partial charge in [0.1, 0.15) is 5.00 Å². The number of benzene rings is 1. The van der Waals surface area contributed by atoms with Crippen LogP contribution < -0.4 is 16.4 Å². The van der Waals surface area contributed by atoms with Gasteiger partial charge in [-0.25, -0.2) is 8.42 Å².